The van der Waals surface area contributed by atoms with E-state index in [0.717, 1.165) is 58.5 Å². The molecule has 2 atom stereocenters. The average Bonchev–Trinajstić information content (AvgIpc) is 2.87. The molecule has 1 aliphatic heterocycles. The molecule has 1 N–H and O–H groups in total. The maximum atomic E-state index is 9.10. The predicted molar refractivity (Wildman–Crippen MR) is 71.3 cm³/mol. The van der Waals surface area contributed by atoms with Crippen LogP contribution in [-0.2, 0) is 9.47 Å². The first kappa shape index (κ1) is 15.4. The first-order chi connectivity index (χ1) is 8.70. The first-order valence-corrected chi connectivity index (χ1v) is 7.06. The van der Waals surface area contributed by atoms with Crippen molar-refractivity contribution >= 4 is 0 Å². The molecule has 0 aromatic heterocycles. The summed E-state index contributed by atoms with van der Waals surface area (Å²) in [4.78, 5) is 0. The number of nitrogens with zero attached hydrogens (tertiary/aromatic N) is 1. The molecule has 0 radical (unpaired) electrons. The van der Waals surface area contributed by atoms with Gasteiger partial charge in [0.15, 0.2) is 0 Å². The number of rotatable bonds is 9. The Kier molecular flexibility index (Phi) is 7.26. The topological polar surface area (TPSA) is 54.3 Å². The van der Waals surface area contributed by atoms with Crippen LogP contribution in [0, 0.1) is 11.3 Å². The van der Waals surface area contributed by atoms with Crippen molar-refractivity contribution in [2.24, 2.45) is 0 Å². The standard InChI is InChI=1S/C14H26N2O2/c1-3-16-14(2,12-15)8-4-5-9-17-11-13-7-6-10-18-13/h13,16H,3-11H2,1-2H3. The van der Waals surface area contributed by atoms with Crippen molar-refractivity contribution in [3.05, 3.63) is 0 Å². The summed E-state index contributed by atoms with van der Waals surface area (Å²) in [6, 6.07) is 2.34. The SMILES string of the molecule is CCNC(C)(C#N)CCCCOCC1CCCO1. The Labute approximate surface area is 111 Å². The molecular weight excluding hydrogens is 228 g/mol. The van der Waals surface area contributed by atoms with E-state index in [2.05, 4.69) is 11.4 Å². The second-order valence-electron chi connectivity index (χ2n) is 5.14. The highest BCUT2D eigenvalue weighted by molar-refractivity contribution is 5.03. The number of ether oxygens (including phenoxy) is 2. The van der Waals surface area contributed by atoms with Crippen molar-refractivity contribution in [1.29, 1.82) is 5.26 Å². The Balaban J connectivity index is 1.98. The van der Waals surface area contributed by atoms with E-state index in [1.54, 1.807) is 0 Å². The van der Waals surface area contributed by atoms with Crippen molar-refractivity contribution in [2.45, 2.75) is 57.6 Å². The first-order valence-electron chi connectivity index (χ1n) is 7.06. The molecule has 104 valence electrons. The molecule has 4 heteroatoms. The monoisotopic (exact) mass is 254 g/mol. The van der Waals surface area contributed by atoms with Gasteiger partial charge in [0.1, 0.15) is 5.54 Å². The summed E-state index contributed by atoms with van der Waals surface area (Å²) in [5.41, 5.74) is -0.386. The summed E-state index contributed by atoms with van der Waals surface area (Å²) >= 11 is 0. The third-order valence-corrected chi connectivity index (χ3v) is 3.36. The maximum absolute atomic E-state index is 9.10. The Morgan fingerprint density at radius 2 is 2.33 bits per heavy atom. The number of nitriles is 1. The molecule has 0 amide bonds. The Morgan fingerprint density at radius 1 is 1.50 bits per heavy atom. The van der Waals surface area contributed by atoms with Gasteiger partial charge in [-0.1, -0.05) is 6.92 Å². The lowest BCUT2D eigenvalue weighted by atomic mass is 9.97. The molecule has 1 aliphatic rings. The predicted octanol–water partition coefficient (Wildman–Crippen LogP) is 2.24. The van der Waals surface area contributed by atoms with E-state index in [1.807, 2.05) is 13.8 Å². The van der Waals surface area contributed by atoms with E-state index in [-0.39, 0.29) is 5.54 Å². The molecule has 1 rings (SSSR count). The number of hydrogen-bond acceptors (Lipinski definition) is 4. The van der Waals surface area contributed by atoms with Crippen LogP contribution >= 0.6 is 0 Å². The van der Waals surface area contributed by atoms with Gasteiger partial charge in [0.05, 0.1) is 18.8 Å². The molecule has 18 heavy (non-hydrogen) atoms. The molecule has 1 saturated heterocycles. The van der Waals surface area contributed by atoms with E-state index in [9.17, 15) is 0 Å². The van der Waals surface area contributed by atoms with Crippen LogP contribution in [0.4, 0.5) is 0 Å². The third kappa shape index (κ3) is 5.81. The molecular formula is C14H26N2O2. The Hall–Kier alpha value is -0.630. The minimum Gasteiger partial charge on any atom is -0.379 e. The molecule has 0 spiro atoms. The van der Waals surface area contributed by atoms with E-state index >= 15 is 0 Å². The zero-order valence-corrected chi connectivity index (χ0v) is 11.7. The lowest BCUT2D eigenvalue weighted by Gasteiger charge is -2.22. The van der Waals surface area contributed by atoms with Crippen molar-refractivity contribution < 1.29 is 9.47 Å². The minimum absolute atomic E-state index is 0.316. The number of nitrogens with one attached hydrogen (secondary N) is 1. The fraction of sp³-hybridized carbons (Fsp3) is 0.929. The highest BCUT2D eigenvalue weighted by atomic mass is 16.5. The van der Waals surface area contributed by atoms with Crippen LogP contribution in [0.3, 0.4) is 0 Å². The lowest BCUT2D eigenvalue weighted by Crippen LogP contribution is -2.40. The molecule has 2 unspecified atom stereocenters. The smallest absolute Gasteiger partial charge is 0.103 e. The van der Waals surface area contributed by atoms with Crippen LogP contribution in [0.15, 0.2) is 0 Å². The van der Waals surface area contributed by atoms with Crippen molar-refractivity contribution in [1.82, 2.24) is 5.32 Å². The van der Waals surface area contributed by atoms with Gasteiger partial charge in [0.25, 0.3) is 0 Å². The van der Waals surface area contributed by atoms with Gasteiger partial charge in [-0.05, 0) is 45.6 Å². The van der Waals surface area contributed by atoms with Crippen molar-refractivity contribution in [3.63, 3.8) is 0 Å². The van der Waals surface area contributed by atoms with Crippen LogP contribution in [0.2, 0.25) is 0 Å². The van der Waals surface area contributed by atoms with Gasteiger partial charge in [-0.15, -0.1) is 0 Å². The second-order valence-corrected chi connectivity index (χ2v) is 5.14. The zero-order chi connectivity index (χ0) is 13.3. The summed E-state index contributed by atoms with van der Waals surface area (Å²) in [5, 5.41) is 12.3. The van der Waals surface area contributed by atoms with E-state index in [4.69, 9.17) is 14.7 Å². The fourth-order valence-electron chi connectivity index (χ4n) is 2.25. The molecule has 0 saturated carbocycles. The van der Waals surface area contributed by atoms with Crippen molar-refractivity contribution in [2.75, 3.05) is 26.4 Å². The summed E-state index contributed by atoms with van der Waals surface area (Å²) in [5.74, 6) is 0. The van der Waals surface area contributed by atoms with Crippen LogP contribution in [0.1, 0.15) is 46.0 Å². The lowest BCUT2D eigenvalue weighted by molar-refractivity contribution is 0.0159. The third-order valence-electron chi connectivity index (χ3n) is 3.36. The van der Waals surface area contributed by atoms with Crippen LogP contribution in [0.5, 0.6) is 0 Å². The molecule has 0 bridgehead atoms. The van der Waals surface area contributed by atoms with E-state index < -0.39 is 0 Å². The highest BCUT2D eigenvalue weighted by Gasteiger charge is 2.21. The summed E-state index contributed by atoms with van der Waals surface area (Å²) in [6.07, 6.45) is 5.51. The summed E-state index contributed by atoms with van der Waals surface area (Å²) < 4.78 is 11.1. The van der Waals surface area contributed by atoms with Gasteiger partial charge in [0, 0.05) is 13.2 Å². The molecule has 0 aliphatic carbocycles. The van der Waals surface area contributed by atoms with Crippen molar-refractivity contribution in [3.8, 4) is 6.07 Å². The molecule has 0 aromatic carbocycles. The average molecular weight is 254 g/mol. The zero-order valence-electron chi connectivity index (χ0n) is 11.7. The van der Waals surface area contributed by atoms with E-state index in [1.165, 1.54) is 0 Å². The maximum Gasteiger partial charge on any atom is 0.103 e. The van der Waals surface area contributed by atoms with Crippen LogP contribution in [-0.4, -0.2) is 38.0 Å². The van der Waals surface area contributed by atoms with Gasteiger partial charge < -0.3 is 9.47 Å². The fourth-order valence-corrected chi connectivity index (χ4v) is 2.25. The normalized spacial score (nSPS) is 22.6. The van der Waals surface area contributed by atoms with Gasteiger partial charge in [-0.2, -0.15) is 5.26 Å². The second kappa shape index (κ2) is 8.47. The molecule has 0 aromatic rings. The van der Waals surface area contributed by atoms with Gasteiger partial charge in [-0.3, -0.25) is 5.32 Å². The number of unbranched alkanes of at least 4 members (excludes halogenated alkanes) is 1. The molecule has 1 heterocycles. The quantitative estimate of drug-likeness (QED) is 0.641. The Bertz CT molecular complexity index is 259. The van der Waals surface area contributed by atoms with Gasteiger partial charge >= 0.3 is 0 Å². The largest absolute Gasteiger partial charge is 0.379 e. The van der Waals surface area contributed by atoms with Crippen LogP contribution in [0.25, 0.3) is 0 Å². The van der Waals surface area contributed by atoms with Crippen LogP contribution < -0.4 is 5.32 Å². The van der Waals surface area contributed by atoms with Gasteiger partial charge in [-0.25, -0.2) is 0 Å². The summed E-state index contributed by atoms with van der Waals surface area (Å²) in [7, 11) is 0. The number of hydrogen-bond donors (Lipinski definition) is 1. The summed E-state index contributed by atoms with van der Waals surface area (Å²) in [6.45, 7) is 7.21. The molecule has 4 nitrogen and oxygen atoms in total. The Morgan fingerprint density at radius 3 is 2.94 bits per heavy atom. The molecule has 1 fully saturated rings. The minimum atomic E-state index is -0.386. The highest BCUT2D eigenvalue weighted by Crippen LogP contribution is 2.14. The van der Waals surface area contributed by atoms with E-state index in [0.29, 0.717) is 6.10 Å². The van der Waals surface area contributed by atoms with Gasteiger partial charge in [0.2, 0.25) is 0 Å².